The number of nitrogens with zero attached hydrogens (tertiary/aromatic N) is 2. The minimum absolute atomic E-state index is 0.00739. The minimum Gasteiger partial charge on any atom is -0.503 e. The number of phenols is 1. The monoisotopic (exact) mass is 766 g/mol. The van der Waals surface area contributed by atoms with Crippen LogP contribution < -0.4 is 19.7 Å². The van der Waals surface area contributed by atoms with E-state index in [-0.39, 0.29) is 48.0 Å². The Kier molecular flexibility index (Phi) is 8.21. The lowest BCUT2D eigenvalue weighted by molar-refractivity contribution is -0.133. The van der Waals surface area contributed by atoms with Crippen LogP contribution in [0.3, 0.4) is 0 Å². The Labute approximate surface area is 281 Å². The Hall–Kier alpha value is -4.21. The number of carbonyl (C=O) groups excluding carboxylic acids is 2. The second-order valence-corrected chi connectivity index (χ2v) is 13.5. The van der Waals surface area contributed by atoms with Crippen molar-refractivity contribution >= 4 is 51.1 Å². The number of H-pyrrole nitrogens is 1. The Morgan fingerprint density at radius 2 is 1.89 bits per heavy atom. The van der Waals surface area contributed by atoms with Gasteiger partial charge in [-0.25, -0.2) is 13.6 Å². The highest BCUT2D eigenvalue weighted by Crippen LogP contribution is 2.55. The highest BCUT2D eigenvalue weighted by atomic mass is 127. The average Bonchev–Trinajstić information content (AvgIpc) is 3.72. The van der Waals surface area contributed by atoms with Crippen molar-refractivity contribution in [1.82, 2.24) is 15.2 Å². The van der Waals surface area contributed by atoms with Gasteiger partial charge in [-0.15, -0.1) is 0 Å². The highest BCUT2D eigenvalue weighted by Gasteiger charge is 2.53. The van der Waals surface area contributed by atoms with Crippen LogP contribution in [-0.4, -0.2) is 64.1 Å². The van der Waals surface area contributed by atoms with Gasteiger partial charge in [0, 0.05) is 55.6 Å². The molecule has 1 aliphatic carbocycles. The van der Waals surface area contributed by atoms with Gasteiger partial charge < -0.3 is 34.7 Å². The van der Waals surface area contributed by atoms with Crippen molar-refractivity contribution in [2.24, 2.45) is 5.92 Å². The third-order valence-electron chi connectivity index (χ3n) is 9.06. The molecule has 248 valence electrons. The Morgan fingerprint density at radius 1 is 1.21 bits per heavy atom. The molecule has 1 aromatic heterocycles. The highest BCUT2D eigenvalue weighted by molar-refractivity contribution is 14.1. The van der Waals surface area contributed by atoms with Crippen molar-refractivity contribution in [1.29, 1.82) is 0 Å². The molecule has 1 saturated heterocycles. The SMILES string of the molecule is C=C(C)C1=C(NC)CC=C2N(C(=O)c3c[nH]c4c(OC)c(O)c5c(c34)CCN5CC(=O)Oc3c(F)c(F)cc(F)c3F)C[C@@H](C)[C@@]21I. The number of anilines is 1. The quantitative estimate of drug-likeness (QED) is 0.0676. The lowest BCUT2D eigenvalue weighted by atomic mass is 9.79. The van der Waals surface area contributed by atoms with E-state index < -0.39 is 45.0 Å². The molecule has 14 heteroatoms. The lowest BCUT2D eigenvalue weighted by Crippen LogP contribution is -2.37. The molecule has 47 heavy (non-hydrogen) atoms. The summed E-state index contributed by atoms with van der Waals surface area (Å²) in [6.07, 6.45) is 4.49. The topological polar surface area (TPSA) is 107 Å². The van der Waals surface area contributed by atoms with Gasteiger partial charge in [0.2, 0.25) is 17.4 Å². The summed E-state index contributed by atoms with van der Waals surface area (Å²) < 4.78 is 65.5. The number of aromatic nitrogens is 1. The lowest BCUT2D eigenvalue weighted by Gasteiger charge is -2.37. The number of benzene rings is 2. The van der Waals surface area contributed by atoms with Crippen molar-refractivity contribution in [3.8, 4) is 17.2 Å². The number of methoxy groups -OCH3 is 1. The Bertz CT molecular complexity index is 1930. The molecule has 2 aromatic carbocycles. The third kappa shape index (κ3) is 4.85. The molecule has 0 radical (unpaired) electrons. The van der Waals surface area contributed by atoms with E-state index in [1.807, 2.05) is 14.0 Å². The second-order valence-electron chi connectivity index (χ2n) is 11.8. The summed E-state index contributed by atoms with van der Waals surface area (Å²) in [4.78, 5) is 33.5. The molecule has 3 N–H and O–H groups in total. The maximum Gasteiger partial charge on any atom is 0.331 e. The van der Waals surface area contributed by atoms with E-state index in [4.69, 9.17) is 9.47 Å². The van der Waals surface area contributed by atoms with Crippen LogP contribution in [0, 0.1) is 29.2 Å². The number of carbonyl (C=O) groups is 2. The molecule has 0 bridgehead atoms. The number of nitrogens with one attached hydrogen (secondary N) is 2. The molecule has 3 aromatic rings. The van der Waals surface area contributed by atoms with Crippen molar-refractivity contribution < 1.29 is 41.7 Å². The standard InChI is InChI=1S/C33H31F4IN4O5/c1-14(2)24-20(39-4)6-7-21-33(24,38)15(3)12-42(21)32(45)17-11-40-27-23(17)16-8-9-41(28(16)29(44)31(27)46-5)13-22(43)47-30-25(36)18(34)10-19(35)26(30)37/h7,10-11,15,39-40,44H,1,6,8-9,12-13H2,2-5H3/t15-,33-/m1/s1. The number of amides is 1. The van der Waals surface area contributed by atoms with Gasteiger partial charge >= 0.3 is 5.97 Å². The normalized spacial score (nSPS) is 20.4. The number of aromatic hydroxyl groups is 1. The zero-order chi connectivity index (χ0) is 34.1. The van der Waals surface area contributed by atoms with Gasteiger partial charge in [-0.3, -0.25) is 4.79 Å². The fourth-order valence-corrected chi connectivity index (χ4v) is 8.54. The maximum absolute atomic E-state index is 14.4. The van der Waals surface area contributed by atoms with Crippen LogP contribution in [0.15, 0.2) is 47.5 Å². The number of phenolic OH excluding ortho intramolecular Hbond substituents is 1. The molecule has 2 atom stereocenters. The molecule has 2 aliphatic heterocycles. The zero-order valence-corrected chi connectivity index (χ0v) is 28.1. The van der Waals surface area contributed by atoms with Gasteiger partial charge in [0.1, 0.15) is 6.54 Å². The summed E-state index contributed by atoms with van der Waals surface area (Å²) in [7, 11) is 3.21. The average molecular weight is 767 g/mol. The summed E-state index contributed by atoms with van der Waals surface area (Å²) in [5.41, 5.74) is 5.29. The number of esters is 1. The summed E-state index contributed by atoms with van der Waals surface area (Å²) in [6, 6.07) is 0.00739. The van der Waals surface area contributed by atoms with Gasteiger partial charge in [-0.05, 0) is 30.4 Å². The van der Waals surface area contributed by atoms with Crippen molar-refractivity contribution in [3.63, 3.8) is 0 Å². The van der Waals surface area contributed by atoms with Crippen LogP contribution >= 0.6 is 22.6 Å². The van der Waals surface area contributed by atoms with Crippen LogP contribution in [-0.2, 0) is 11.2 Å². The number of hydrogen-bond acceptors (Lipinski definition) is 7. The molecule has 1 amide bonds. The van der Waals surface area contributed by atoms with Crippen LogP contribution in [0.1, 0.15) is 36.2 Å². The summed E-state index contributed by atoms with van der Waals surface area (Å²) in [5, 5.41) is 15.1. The molecule has 0 unspecified atom stereocenters. The second kappa shape index (κ2) is 11.8. The van der Waals surface area contributed by atoms with E-state index in [0.29, 0.717) is 35.0 Å². The number of ether oxygens (including phenoxy) is 2. The van der Waals surface area contributed by atoms with Crippen LogP contribution in [0.5, 0.6) is 17.2 Å². The predicted octanol–water partition coefficient (Wildman–Crippen LogP) is 6.01. The fraction of sp³-hybridized carbons (Fsp3) is 0.333. The number of hydrogen-bond donors (Lipinski definition) is 3. The molecule has 3 aliphatic rings. The molecule has 0 spiro atoms. The number of rotatable bonds is 7. The maximum atomic E-state index is 14.4. The van der Waals surface area contributed by atoms with E-state index >= 15 is 0 Å². The van der Waals surface area contributed by atoms with Crippen molar-refractivity contribution in [3.05, 3.63) is 81.9 Å². The van der Waals surface area contributed by atoms with Crippen molar-refractivity contribution in [2.45, 2.75) is 30.1 Å². The van der Waals surface area contributed by atoms with Gasteiger partial charge in [0.05, 0.1) is 27.3 Å². The van der Waals surface area contributed by atoms with E-state index in [2.05, 4.69) is 52.5 Å². The van der Waals surface area contributed by atoms with E-state index in [1.165, 1.54) is 12.0 Å². The number of likely N-dealkylation sites (tertiary alicyclic amines) is 1. The molecular weight excluding hydrogens is 735 g/mol. The number of aromatic amines is 1. The molecule has 1 fully saturated rings. The predicted molar refractivity (Wildman–Crippen MR) is 175 cm³/mol. The van der Waals surface area contributed by atoms with E-state index in [1.54, 1.807) is 11.1 Å². The van der Waals surface area contributed by atoms with Crippen LogP contribution in [0.2, 0.25) is 0 Å². The first-order chi connectivity index (χ1) is 22.3. The molecule has 3 heterocycles. The molecular formula is C33H31F4IN4O5. The number of fused-ring (bicyclic) bond motifs is 4. The first-order valence-electron chi connectivity index (χ1n) is 14.8. The van der Waals surface area contributed by atoms with Gasteiger partial charge in [-0.2, -0.15) is 8.78 Å². The van der Waals surface area contributed by atoms with Crippen LogP contribution in [0.4, 0.5) is 23.2 Å². The number of halogens is 5. The Morgan fingerprint density at radius 3 is 2.51 bits per heavy atom. The van der Waals surface area contributed by atoms with Gasteiger partial charge in [-0.1, -0.05) is 47.7 Å². The molecule has 9 nitrogen and oxygen atoms in total. The summed E-state index contributed by atoms with van der Waals surface area (Å²) in [6.45, 7) is 8.22. The van der Waals surface area contributed by atoms with Gasteiger partial charge in [0.15, 0.2) is 23.1 Å². The zero-order valence-electron chi connectivity index (χ0n) is 25.9. The summed E-state index contributed by atoms with van der Waals surface area (Å²) in [5.74, 6) is -10.4. The summed E-state index contributed by atoms with van der Waals surface area (Å²) >= 11 is 2.42. The Balaban J connectivity index is 1.37. The first kappa shape index (κ1) is 32.7. The largest absolute Gasteiger partial charge is 0.503 e. The fourth-order valence-electron chi connectivity index (χ4n) is 7.05. The number of allylic oxidation sites excluding steroid dienone is 3. The number of alkyl halides is 1. The smallest absolute Gasteiger partial charge is 0.331 e. The van der Waals surface area contributed by atoms with Crippen LogP contribution in [0.25, 0.3) is 10.9 Å². The third-order valence-corrected chi connectivity index (χ3v) is 11.2. The van der Waals surface area contributed by atoms with E-state index in [9.17, 15) is 32.3 Å². The first-order valence-corrected chi connectivity index (χ1v) is 15.8. The van der Waals surface area contributed by atoms with Gasteiger partial charge in [0.25, 0.3) is 5.91 Å². The van der Waals surface area contributed by atoms with Crippen molar-refractivity contribution in [2.75, 3.05) is 38.7 Å². The molecule has 6 rings (SSSR count). The molecule has 0 saturated carbocycles. The van der Waals surface area contributed by atoms with E-state index in [0.717, 1.165) is 22.5 Å². The minimum atomic E-state index is -1.85.